The van der Waals surface area contributed by atoms with Gasteiger partial charge in [-0.1, -0.05) is 24.9 Å². The van der Waals surface area contributed by atoms with Crippen LogP contribution in [0.2, 0.25) is 0 Å². The minimum Gasteiger partial charge on any atom is -0.338 e. The molecule has 1 N–H and O–H groups in total. The molecule has 2 aliphatic rings. The van der Waals surface area contributed by atoms with Crippen molar-refractivity contribution in [1.82, 2.24) is 20.4 Å². The molecule has 1 saturated carbocycles. The molecule has 0 amide bonds. The zero-order chi connectivity index (χ0) is 13.1. The van der Waals surface area contributed by atoms with Crippen LogP contribution in [-0.2, 0) is 6.54 Å². The molecule has 19 heavy (non-hydrogen) atoms. The summed E-state index contributed by atoms with van der Waals surface area (Å²) < 4.78 is 5.43. The Morgan fingerprint density at radius 3 is 2.95 bits per heavy atom. The molecule has 5 heteroatoms. The van der Waals surface area contributed by atoms with Crippen molar-refractivity contribution in [3.63, 3.8) is 0 Å². The predicted molar refractivity (Wildman–Crippen MR) is 72.8 cm³/mol. The first-order valence-corrected chi connectivity index (χ1v) is 7.57. The first-order valence-electron chi connectivity index (χ1n) is 7.57. The van der Waals surface area contributed by atoms with Gasteiger partial charge in [0, 0.05) is 32.1 Å². The lowest BCUT2D eigenvalue weighted by atomic mass is 9.82. The molecule has 0 aromatic carbocycles. The lowest BCUT2D eigenvalue weighted by molar-refractivity contribution is 0.203. The van der Waals surface area contributed by atoms with Gasteiger partial charge in [0.05, 0.1) is 6.54 Å². The third-order valence-electron chi connectivity index (χ3n) is 4.35. The number of piperazine rings is 1. The Morgan fingerprint density at radius 2 is 2.16 bits per heavy atom. The molecule has 1 aliphatic carbocycles. The number of hydrogen-bond donors (Lipinski definition) is 1. The summed E-state index contributed by atoms with van der Waals surface area (Å²) in [4.78, 5) is 6.99. The Bertz CT molecular complexity index is 400. The highest BCUT2D eigenvalue weighted by Gasteiger charge is 2.25. The molecule has 1 saturated heterocycles. The van der Waals surface area contributed by atoms with Crippen molar-refractivity contribution in [3.05, 3.63) is 11.7 Å². The molecule has 2 atom stereocenters. The van der Waals surface area contributed by atoms with Crippen molar-refractivity contribution in [3.8, 4) is 0 Å². The number of nitrogens with zero attached hydrogens (tertiary/aromatic N) is 3. The fourth-order valence-corrected chi connectivity index (χ4v) is 3.23. The quantitative estimate of drug-likeness (QED) is 0.901. The SMILES string of the molecule is CC1CCCC(c2noc(CN3CCNCC3)n2)C1. The lowest BCUT2D eigenvalue weighted by Gasteiger charge is -2.25. The van der Waals surface area contributed by atoms with Crippen LogP contribution in [0.3, 0.4) is 0 Å². The molecule has 1 aromatic rings. The van der Waals surface area contributed by atoms with Crippen molar-refractivity contribution in [1.29, 1.82) is 0 Å². The van der Waals surface area contributed by atoms with E-state index in [1.54, 1.807) is 0 Å². The number of aromatic nitrogens is 2. The molecule has 1 aromatic heterocycles. The third-order valence-corrected chi connectivity index (χ3v) is 4.35. The Kier molecular flexibility index (Phi) is 4.13. The molecule has 2 fully saturated rings. The maximum absolute atomic E-state index is 5.43. The molecular formula is C14H24N4O. The Labute approximate surface area is 114 Å². The van der Waals surface area contributed by atoms with Crippen LogP contribution in [0.15, 0.2) is 4.52 Å². The smallest absolute Gasteiger partial charge is 0.240 e. The van der Waals surface area contributed by atoms with E-state index in [2.05, 4.69) is 27.3 Å². The molecule has 5 nitrogen and oxygen atoms in total. The number of rotatable bonds is 3. The van der Waals surface area contributed by atoms with Gasteiger partial charge in [-0.25, -0.2) is 0 Å². The summed E-state index contributed by atoms with van der Waals surface area (Å²) in [7, 11) is 0. The topological polar surface area (TPSA) is 54.2 Å². The molecule has 1 aliphatic heterocycles. The molecular weight excluding hydrogens is 240 g/mol. The maximum Gasteiger partial charge on any atom is 0.240 e. The van der Waals surface area contributed by atoms with Crippen LogP contribution in [0.4, 0.5) is 0 Å². The minimum atomic E-state index is 0.518. The van der Waals surface area contributed by atoms with Gasteiger partial charge in [0.2, 0.25) is 5.89 Å². The third kappa shape index (κ3) is 3.34. The van der Waals surface area contributed by atoms with Gasteiger partial charge in [-0.3, -0.25) is 4.90 Å². The highest BCUT2D eigenvalue weighted by molar-refractivity contribution is 4.98. The first kappa shape index (κ1) is 13.1. The van der Waals surface area contributed by atoms with E-state index in [0.717, 1.165) is 50.4 Å². The zero-order valence-corrected chi connectivity index (χ0v) is 11.8. The van der Waals surface area contributed by atoms with Crippen LogP contribution >= 0.6 is 0 Å². The zero-order valence-electron chi connectivity index (χ0n) is 11.8. The van der Waals surface area contributed by atoms with Crippen molar-refractivity contribution in [2.75, 3.05) is 26.2 Å². The summed E-state index contributed by atoms with van der Waals surface area (Å²) in [5.74, 6) is 3.05. The molecule has 0 bridgehead atoms. The normalized spacial score (nSPS) is 29.5. The van der Waals surface area contributed by atoms with Gasteiger partial charge in [-0.2, -0.15) is 4.98 Å². The van der Waals surface area contributed by atoms with Gasteiger partial charge < -0.3 is 9.84 Å². The number of nitrogens with one attached hydrogen (secondary N) is 1. The van der Waals surface area contributed by atoms with Crippen LogP contribution in [0.25, 0.3) is 0 Å². The fraction of sp³-hybridized carbons (Fsp3) is 0.857. The van der Waals surface area contributed by atoms with E-state index in [0.29, 0.717) is 5.92 Å². The van der Waals surface area contributed by atoms with Gasteiger partial charge in [-0.15, -0.1) is 0 Å². The maximum atomic E-state index is 5.43. The highest BCUT2D eigenvalue weighted by Crippen LogP contribution is 2.34. The Morgan fingerprint density at radius 1 is 1.32 bits per heavy atom. The largest absolute Gasteiger partial charge is 0.338 e. The second-order valence-corrected chi connectivity index (χ2v) is 6.04. The average molecular weight is 264 g/mol. The van der Waals surface area contributed by atoms with Crippen LogP contribution in [0.1, 0.15) is 50.2 Å². The molecule has 106 valence electrons. The van der Waals surface area contributed by atoms with Gasteiger partial charge in [0.25, 0.3) is 0 Å². The Balaban J connectivity index is 1.59. The Hall–Kier alpha value is -0.940. The summed E-state index contributed by atoms with van der Waals surface area (Å²) in [6.07, 6.45) is 5.08. The summed E-state index contributed by atoms with van der Waals surface area (Å²) in [5.41, 5.74) is 0. The van der Waals surface area contributed by atoms with Gasteiger partial charge >= 0.3 is 0 Å². The van der Waals surface area contributed by atoms with Gasteiger partial charge in [-0.05, 0) is 18.8 Å². The standard InChI is InChI=1S/C14H24N4O/c1-11-3-2-4-12(9-11)14-16-13(19-17-14)10-18-7-5-15-6-8-18/h11-12,15H,2-10H2,1H3. The lowest BCUT2D eigenvalue weighted by Crippen LogP contribution is -2.42. The predicted octanol–water partition coefficient (Wildman–Crippen LogP) is 1.77. The van der Waals surface area contributed by atoms with Crippen molar-refractivity contribution in [2.24, 2.45) is 5.92 Å². The summed E-state index contributed by atoms with van der Waals surface area (Å²) >= 11 is 0. The van der Waals surface area contributed by atoms with E-state index in [1.807, 2.05) is 0 Å². The minimum absolute atomic E-state index is 0.518. The van der Waals surface area contributed by atoms with E-state index in [9.17, 15) is 0 Å². The molecule has 2 unspecified atom stereocenters. The molecule has 0 radical (unpaired) electrons. The van der Waals surface area contributed by atoms with Crippen LogP contribution in [0, 0.1) is 5.92 Å². The van der Waals surface area contributed by atoms with E-state index >= 15 is 0 Å². The van der Waals surface area contributed by atoms with Crippen LogP contribution < -0.4 is 5.32 Å². The van der Waals surface area contributed by atoms with E-state index < -0.39 is 0 Å². The van der Waals surface area contributed by atoms with Crippen LogP contribution in [-0.4, -0.2) is 41.2 Å². The summed E-state index contributed by atoms with van der Waals surface area (Å²) in [6, 6.07) is 0. The van der Waals surface area contributed by atoms with Gasteiger partial charge in [0.15, 0.2) is 5.82 Å². The monoisotopic (exact) mass is 264 g/mol. The summed E-state index contributed by atoms with van der Waals surface area (Å²) in [5, 5.41) is 7.57. The average Bonchev–Trinajstić information content (AvgIpc) is 2.88. The van der Waals surface area contributed by atoms with Crippen molar-refractivity contribution in [2.45, 2.75) is 45.1 Å². The molecule has 3 rings (SSSR count). The second kappa shape index (κ2) is 6.01. The fourth-order valence-electron chi connectivity index (χ4n) is 3.23. The van der Waals surface area contributed by atoms with Crippen LogP contribution in [0.5, 0.6) is 0 Å². The van der Waals surface area contributed by atoms with Crippen molar-refractivity contribution >= 4 is 0 Å². The molecule has 2 heterocycles. The second-order valence-electron chi connectivity index (χ2n) is 6.04. The summed E-state index contributed by atoms with van der Waals surface area (Å²) in [6.45, 7) is 7.38. The van der Waals surface area contributed by atoms with E-state index in [-0.39, 0.29) is 0 Å². The van der Waals surface area contributed by atoms with E-state index in [4.69, 9.17) is 4.52 Å². The highest BCUT2D eigenvalue weighted by atomic mass is 16.5. The first-order chi connectivity index (χ1) is 9.31. The van der Waals surface area contributed by atoms with E-state index in [1.165, 1.54) is 25.7 Å². The van der Waals surface area contributed by atoms with Gasteiger partial charge in [0.1, 0.15) is 0 Å². The number of hydrogen-bond acceptors (Lipinski definition) is 5. The van der Waals surface area contributed by atoms with Crippen molar-refractivity contribution < 1.29 is 4.52 Å². The molecule has 0 spiro atoms.